The van der Waals surface area contributed by atoms with E-state index < -0.39 is 18.1 Å². The third kappa shape index (κ3) is 4.70. The minimum atomic E-state index is -4.35. The summed E-state index contributed by atoms with van der Waals surface area (Å²) in [5.41, 5.74) is 14.9. The number of Topliss-reactive ketones (excluding diaryl/α,β-unsaturated/α-hetero) is 1. The van der Waals surface area contributed by atoms with Gasteiger partial charge >= 0.3 is 6.18 Å². The molecule has 1 unspecified atom stereocenters. The van der Waals surface area contributed by atoms with Gasteiger partial charge in [0.25, 0.3) is 0 Å². The maximum absolute atomic E-state index is 13.4. The predicted molar refractivity (Wildman–Crippen MR) is 123 cm³/mol. The minimum Gasteiger partial charge on any atom is -0.438 e. The number of halogens is 3. The van der Waals surface area contributed by atoms with E-state index >= 15 is 0 Å². The number of hydrogen-bond acceptors (Lipinski definition) is 8. The Morgan fingerprint density at radius 1 is 1.26 bits per heavy atom. The lowest BCUT2D eigenvalue weighted by atomic mass is 9.93. The number of furan rings is 1. The summed E-state index contributed by atoms with van der Waals surface area (Å²) in [6.07, 6.45) is 0.966. The number of anilines is 2. The van der Waals surface area contributed by atoms with Gasteiger partial charge in [-0.25, -0.2) is 0 Å². The normalized spacial score (nSPS) is 23.2. The summed E-state index contributed by atoms with van der Waals surface area (Å²) in [7, 11) is 0. The second kappa shape index (κ2) is 9.12. The van der Waals surface area contributed by atoms with Gasteiger partial charge in [0.1, 0.15) is 11.1 Å². The molecule has 0 radical (unpaired) electrons. The Labute approximate surface area is 199 Å². The Balaban J connectivity index is 1.41. The number of pyridine rings is 2. The van der Waals surface area contributed by atoms with Gasteiger partial charge in [-0.15, -0.1) is 0 Å². The zero-order chi connectivity index (χ0) is 24.7. The Kier molecular flexibility index (Phi) is 6.14. The number of carbonyl (C=O) groups is 1. The first-order chi connectivity index (χ1) is 16.7. The molecule has 3 aromatic rings. The molecule has 2 aliphatic heterocycles. The van der Waals surface area contributed by atoms with Gasteiger partial charge in [0.05, 0.1) is 12.5 Å². The van der Waals surface area contributed by atoms with E-state index in [4.69, 9.17) is 20.6 Å². The average Bonchev–Trinajstić information content (AvgIpc) is 3.45. The smallest absolute Gasteiger partial charge is 0.393 e. The molecule has 0 aromatic carbocycles. The number of aromatic nitrogens is 2. The molecule has 2 fully saturated rings. The number of hydrogen-bond donors (Lipinski definition) is 2. The van der Waals surface area contributed by atoms with E-state index in [1.165, 1.54) is 12.4 Å². The van der Waals surface area contributed by atoms with E-state index in [9.17, 15) is 18.0 Å². The highest BCUT2D eigenvalue weighted by atomic mass is 19.4. The third-order valence-corrected chi connectivity index (χ3v) is 6.77. The molecule has 0 spiro atoms. The second-order valence-corrected chi connectivity index (χ2v) is 9.26. The number of ether oxygens (including phenoxy) is 1. The number of carbonyl (C=O) groups excluding carboxylic acids is 1. The molecule has 0 saturated carbocycles. The van der Waals surface area contributed by atoms with Crippen molar-refractivity contribution in [2.24, 2.45) is 11.7 Å². The van der Waals surface area contributed by atoms with Crippen LogP contribution in [0.5, 0.6) is 0 Å². The summed E-state index contributed by atoms with van der Waals surface area (Å²) in [5, 5.41) is 0. The number of piperidine rings is 1. The summed E-state index contributed by atoms with van der Waals surface area (Å²) in [6, 6.07) is 2.81. The summed E-state index contributed by atoms with van der Waals surface area (Å²) in [5.74, 6) is -1.72. The maximum Gasteiger partial charge on any atom is 0.393 e. The van der Waals surface area contributed by atoms with Gasteiger partial charge in [-0.1, -0.05) is 0 Å². The van der Waals surface area contributed by atoms with E-state index in [1.54, 1.807) is 17.2 Å². The topological polar surface area (TPSA) is 120 Å². The van der Waals surface area contributed by atoms with Gasteiger partial charge in [0.15, 0.2) is 11.4 Å². The van der Waals surface area contributed by atoms with Crippen molar-refractivity contribution in [1.29, 1.82) is 0 Å². The van der Waals surface area contributed by atoms with Crippen molar-refractivity contribution < 1.29 is 27.1 Å². The quantitative estimate of drug-likeness (QED) is 0.523. The Hall–Kier alpha value is -3.18. The van der Waals surface area contributed by atoms with Crippen molar-refractivity contribution in [1.82, 2.24) is 9.97 Å². The molecule has 0 amide bonds. The first-order valence-electron chi connectivity index (χ1n) is 11.5. The zero-order valence-electron chi connectivity index (χ0n) is 18.9. The lowest BCUT2D eigenvalue weighted by Gasteiger charge is -2.39. The Bertz CT molecular complexity index is 1240. The van der Waals surface area contributed by atoms with Crippen LogP contribution in [0, 0.1) is 5.92 Å². The van der Waals surface area contributed by atoms with Crippen molar-refractivity contribution in [2.75, 3.05) is 36.9 Å². The molecular weight excluding hydrogens is 463 g/mol. The second-order valence-electron chi connectivity index (χ2n) is 9.26. The van der Waals surface area contributed by atoms with Crippen molar-refractivity contribution in [3.05, 3.63) is 47.4 Å². The van der Waals surface area contributed by atoms with Gasteiger partial charge in [-0.05, 0) is 30.5 Å². The highest BCUT2D eigenvalue weighted by Gasteiger charge is 2.44. The van der Waals surface area contributed by atoms with Crippen LogP contribution in [0.1, 0.15) is 40.2 Å². The third-order valence-electron chi connectivity index (χ3n) is 6.77. The molecule has 186 valence electrons. The predicted octanol–water partition coefficient (Wildman–Crippen LogP) is 3.45. The summed E-state index contributed by atoms with van der Waals surface area (Å²) >= 11 is 0. The highest BCUT2D eigenvalue weighted by Crippen LogP contribution is 2.36. The first kappa shape index (κ1) is 23.6. The van der Waals surface area contributed by atoms with Crippen molar-refractivity contribution >= 4 is 28.5 Å². The number of nitrogen functional groups attached to an aromatic ring is 1. The average molecular weight is 489 g/mol. The van der Waals surface area contributed by atoms with Crippen molar-refractivity contribution in [3.63, 3.8) is 0 Å². The van der Waals surface area contributed by atoms with E-state index in [0.29, 0.717) is 35.6 Å². The molecule has 3 aromatic heterocycles. The lowest BCUT2D eigenvalue weighted by Crippen LogP contribution is -2.51. The molecule has 0 bridgehead atoms. The molecule has 3 atom stereocenters. The van der Waals surface area contributed by atoms with Crippen LogP contribution in [0.4, 0.5) is 24.7 Å². The molecular formula is C24H26F3N5O3. The van der Waals surface area contributed by atoms with Crippen LogP contribution in [0.25, 0.3) is 11.1 Å². The molecule has 5 heterocycles. The Morgan fingerprint density at radius 2 is 2.09 bits per heavy atom. The standard InChI is InChI=1S/C24H26F3N5O3/c25-24(26,27)16-7-17(28)11-32(10-16)18-1-3-30-8-15(18)5-19(33)21-22-20(35-23(21)29)6-14(9-31-22)13-2-4-34-12-13/h1,3,6,8-9,13,16-17H,2,4-5,7,10-12,28-29H2/t13?,16-,17+/m1/s1. The number of rotatable bonds is 5. The molecule has 0 aliphatic carbocycles. The van der Waals surface area contributed by atoms with E-state index in [1.807, 2.05) is 6.07 Å². The number of nitrogens with zero attached hydrogens (tertiary/aromatic N) is 3. The largest absolute Gasteiger partial charge is 0.438 e. The van der Waals surface area contributed by atoms with Crippen LogP contribution >= 0.6 is 0 Å². The number of nitrogens with two attached hydrogens (primary N) is 2. The number of fused-ring (bicyclic) bond motifs is 1. The fourth-order valence-electron chi connectivity index (χ4n) is 5.00. The van der Waals surface area contributed by atoms with Crippen LogP contribution < -0.4 is 16.4 Å². The fraction of sp³-hybridized carbons (Fsp3) is 0.458. The van der Waals surface area contributed by atoms with Gasteiger partial charge in [0.2, 0.25) is 5.88 Å². The monoisotopic (exact) mass is 489 g/mol. The summed E-state index contributed by atoms with van der Waals surface area (Å²) in [6.45, 7) is 1.32. The number of alkyl halides is 3. The van der Waals surface area contributed by atoms with Gasteiger partial charge in [0, 0.05) is 67.9 Å². The molecule has 5 rings (SSSR count). The SMILES string of the molecule is Nc1oc2cc(C3CCOC3)cnc2c1C(=O)Cc1cnccc1N1C[C@@H](N)C[C@@H](C(F)(F)F)C1. The van der Waals surface area contributed by atoms with Crippen molar-refractivity contribution in [3.8, 4) is 0 Å². The fourth-order valence-corrected chi connectivity index (χ4v) is 5.00. The van der Waals surface area contributed by atoms with Crippen LogP contribution in [0.3, 0.4) is 0 Å². The summed E-state index contributed by atoms with van der Waals surface area (Å²) < 4.78 is 51.4. The molecule has 2 aliphatic rings. The lowest BCUT2D eigenvalue weighted by molar-refractivity contribution is -0.177. The van der Waals surface area contributed by atoms with Crippen LogP contribution in [-0.2, 0) is 11.2 Å². The first-order valence-corrected chi connectivity index (χ1v) is 11.5. The zero-order valence-corrected chi connectivity index (χ0v) is 18.9. The molecule has 4 N–H and O–H groups in total. The molecule has 11 heteroatoms. The number of ketones is 1. The maximum atomic E-state index is 13.4. The van der Waals surface area contributed by atoms with Gasteiger partial charge in [-0.2, -0.15) is 13.2 Å². The minimum absolute atomic E-state index is 0.0418. The van der Waals surface area contributed by atoms with Crippen LogP contribution in [0.2, 0.25) is 0 Å². The summed E-state index contributed by atoms with van der Waals surface area (Å²) in [4.78, 5) is 23.4. The molecule has 35 heavy (non-hydrogen) atoms. The highest BCUT2D eigenvalue weighted by molar-refractivity contribution is 6.10. The van der Waals surface area contributed by atoms with Crippen LogP contribution in [-0.4, -0.2) is 54.3 Å². The molecule has 8 nitrogen and oxygen atoms in total. The molecule has 2 saturated heterocycles. The van der Waals surface area contributed by atoms with Crippen molar-refractivity contribution in [2.45, 2.75) is 37.4 Å². The van der Waals surface area contributed by atoms with E-state index in [0.717, 1.165) is 12.0 Å². The van der Waals surface area contributed by atoms with Crippen LogP contribution in [0.15, 0.2) is 35.1 Å². The van der Waals surface area contributed by atoms with Gasteiger partial charge in [-0.3, -0.25) is 14.8 Å². The Morgan fingerprint density at radius 3 is 2.83 bits per heavy atom. The van der Waals surface area contributed by atoms with E-state index in [2.05, 4.69) is 9.97 Å². The van der Waals surface area contributed by atoms with E-state index in [-0.39, 0.29) is 49.1 Å². The van der Waals surface area contributed by atoms with Gasteiger partial charge < -0.3 is 25.5 Å².